The van der Waals surface area contributed by atoms with Crippen LogP contribution < -0.4 is 10.0 Å². The lowest BCUT2D eigenvalue weighted by Gasteiger charge is -2.22. The van der Waals surface area contributed by atoms with E-state index in [1.165, 1.54) is 0 Å². The van der Waals surface area contributed by atoms with Crippen LogP contribution in [-0.2, 0) is 19.9 Å². The molecule has 8 nitrogen and oxygen atoms in total. The zero-order valence-corrected chi connectivity index (χ0v) is 16.9. The number of likely N-dealkylation sites (tertiary alicyclic amines) is 1. The average Bonchev–Trinajstić information content (AvgIpc) is 3.09. The summed E-state index contributed by atoms with van der Waals surface area (Å²) in [4.78, 5) is 6.53. The molecular formula is C15H30N4O4S2. The second kappa shape index (κ2) is 8.22. The first kappa shape index (κ1) is 20.4. The highest BCUT2D eigenvalue weighted by Gasteiger charge is 2.35. The van der Waals surface area contributed by atoms with Crippen LogP contribution >= 0.6 is 0 Å². The molecule has 0 aromatic heterocycles. The smallest absolute Gasteiger partial charge is 0.216 e. The summed E-state index contributed by atoms with van der Waals surface area (Å²) in [6, 6.07) is -0.120. The zero-order chi connectivity index (χ0) is 18.7. The molecule has 0 aromatic carbocycles. The quantitative estimate of drug-likeness (QED) is 0.477. The third-order valence-corrected chi connectivity index (χ3v) is 8.34. The molecule has 0 amide bonds. The average molecular weight is 395 g/mol. The number of sulfonamides is 1. The topological polar surface area (TPSA) is 108 Å². The molecule has 25 heavy (non-hydrogen) atoms. The Morgan fingerprint density at radius 3 is 2.60 bits per heavy atom. The number of rotatable bonds is 6. The van der Waals surface area contributed by atoms with Crippen LogP contribution in [-0.4, -0.2) is 76.7 Å². The van der Waals surface area contributed by atoms with E-state index < -0.39 is 25.1 Å². The predicted molar refractivity (Wildman–Crippen MR) is 99.9 cm³/mol. The van der Waals surface area contributed by atoms with Gasteiger partial charge in [0.2, 0.25) is 10.0 Å². The normalized spacial score (nSPS) is 27.2. The van der Waals surface area contributed by atoms with E-state index in [4.69, 9.17) is 0 Å². The van der Waals surface area contributed by atoms with Crippen LogP contribution in [0, 0.1) is 5.92 Å². The molecule has 2 unspecified atom stereocenters. The minimum Gasteiger partial charge on any atom is -0.357 e. The largest absolute Gasteiger partial charge is 0.357 e. The lowest BCUT2D eigenvalue weighted by atomic mass is 10.1. The summed E-state index contributed by atoms with van der Waals surface area (Å²) in [6.45, 7) is 7.74. The van der Waals surface area contributed by atoms with E-state index in [9.17, 15) is 16.8 Å². The van der Waals surface area contributed by atoms with Crippen LogP contribution in [0.1, 0.15) is 33.6 Å². The second-order valence-electron chi connectivity index (χ2n) is 7.14. The Morgan fingerprint density at radius 2 is 2.04 bits per heavy atom. The van der Waals surface area contributed by atoms with Gasteiger partial charge in [-0.05, 0) is 39.5 Å². The highest BCUT2D eigenvalue weighted by atomic mass is 32.2. The Bertz CT molecular complexity index is 688. The molecule has 146 valence electrons. The minimum atomic E-state index is -3.34. The molecule has 2 atom stereocenters. The summed E-state index contributed by atoms with van der Waals surface area (Å²) in [5.41, 5.74) is 0. The number of hydrogen-bond acceptors (Lipinski definition) is 5. The van der Waals surface area contributed by atoms with E-state index in [0.717, 1.165) is 0 Å². The summed E-state index contributed by atoms with van der Waals surface area (Å²) < 4.78 is 50.5. The van der Waals surface area contributed by atoms with E-state index in [1.54, 1.807) is 0 Å². The van der Waals surface area contributed by atoms with Gasteiger partial charge in [-0.1, -0.05) is 0 Å². The lowest BCUT2D eigenvalue weighted by Crippen LogP contribution is -2.43. The maximum Gasteiger partial charge on any atom is 0.216 e. The molecule has 0 spiro atoms. The summed E-state index contributed by atoms with van der Waals surface area (Å²) in [5.74, 6) is 1.18. The molecule has 2 rings (SSSR count). The van der Waals surface area contributed by atoms with Crippen LogP contribution in [0.3, 0.4) is 0 Å². The maximum absolute atomic E-state index is 12.3. The lowest BCUT2D eigenvalue weighted by molar-refractivity contribution is 0.484. The predicted octanol–water partition coefficient (Wildman–Crippen LogP) is -0.211. The molecule has 0 aromatic rings. The zero-order valence-electron chi connectivity index (χ0n) is 15.2. The molecule has 2 aliphatic heterocycles. The van der Waals surface area contributed by atoms with Crippen LogP contribution in [0.5, 0.6) is 0 Å². The van der Waals surface area contributed by atoms with Crippen LogP contribution in [0.15, 0.2) is 4.99 Å². The molecule has 0 saturated carbocycles. The third kappa shape index (κ3) is 5.82. The highest BCUT2D eigenvalue weighted by molar-refractivity contribution is 7.91. The van der Waals surface area contributed by atoms with Gasteiger partial charge in [-0.3, -0.25) is 4.99 Å². The number of guanidine groups is 1. The minimum absolute atomic E-state index is 0.0587. The number of hydrogen-bond donors (Lipinski definition) is 2. The van der Waals surface area contributed by atoms with Crippen molar-refractivity contribution in [1.82, 2.24) is 14.9 Å². The number of nitrogens with one attached hydrogen (secondary N) is 2. The fraction of sp³-hybridized carbons (Fsp3) is 0.933. The Hall–Kier alpha value is -0.870. The fourth-order valence-electron chi connectivity index (χ4n) is 3.26. The van der Waals surface area contributed by atoms with Gasteiger partial charge in [-0.25, -0.2) is 21.6 Å². The monoisotopic (exact) mass is 394 g/mol. The van der Waals surface area contributed by atoms with Crippen LogP contribution in [0.2, 0.25) is 0 Å². The fourth-order valence-corrected chi connectivity index (χ4v) is 6.75. The van der Waals surface area contributed by atoms with Gasteiger partial charge >= 0.3 is 0 Å². The number of aliphatic imine (C=N–C) groups is 1. The van der Waals surface area contributed by atoms with Crippen molar-refractivity contribution in [1.29, 1.82) is 0 Å². The molecule has 10 heteroatoms. The first-order valence-electron chi connectivity index (χ1n) is 8.88. The Kier molecular flexibility index (Phi) is 6.72. The van der Waals surface area contributed by atoms with Crippen molar-refractivity contribution in [2.75, 3.05) is 37.7 Å². The number of sulfone groups is 1. The molecule has 0 bridgehead atoms. The number of nitrogens with zero attached hydrogens (tertiary/aromatic N) is 2. The Balaban J connectivity index is 2.00. The highest BCUT2D eigenvalue weighted by Crippen LogP contribution is 2.20. The van der Waals surface area contributed by atoms with Gasteiger partial charge in [0.25, 0.3) is 0 Å². The van der Waals surface area contributed by atoms with Crippen LogP contribution in [0.25, 0.3) is 0 Å². The molecule has 0 aliphatic carbocycles. The van der Waals surface area contributed by atoms with Gasteiger partial charge in [0.1, 0.15) is 0 Å². The standard InChI is InChI=1S/C15H30N4O4S2/c1-4-16-15(17-9-13-6-8-24(20,21)11-13)19-7-5-14(10-19)25(22,23)18-12(2)3/h12-14,18H,4-11H2,1-3H3,(H,16,17). The molecule has 2 aliphatic rings. The summed E-state index contributed by atoms with van der Waals surface area (Å²) in [7, 11) is -6.25. The van der Waals surface area contributed by atoms with Crippen molar-refractivity contribution >= 4 is 25.8 Å². The van der Waals surface area contributed by atoms with E-state index in [2.05, 4.69) is 15.0 Å². The van der Waals surface area contributed by atoms with E-state index in [1.807, 2.05) is 25.7 Å². The molecule has 2 N–H and O–H groups in total. The van der Waals surface area contributed by atoms with Crippen molar-refractivity contribution in [3.63, 3.8) is 0 Å². The van der Waals surface area contributed by atoms with E-state index >= 15 is 0 Å². The van der Waals surface area contributed by atoms with Gasteiger partial charge < -0.3 is 10.2 Å². The first-order valence-corrected chi connectivity index (χ1v) is 12.2. The molecule has 2 heterocycles. The van der Waals surface area contributed by atoms with Gasteiger partial charge in [-0.15, -0.1) is 0 Å². The third-order valence-electron chi connectivity index (χ3n) is 4.44. The molecule has 0 radical (unpaired) electrons. The second-order valence-corrected chi connectivity index (χ2v) is 11.4. The summed E-state index contributed by atoms with van der Waals surface area (Å²) in [5, 5.41) is 2.74. The van der Waals surface area contributed by atoms with Gasteiger partial charge in [-0.2, -0.15) is 0 Å². The van der Waals surface area contributed by atoms with E-state index in [-0.39, 0.29) is 23.5 Å². The summed E-state index contributed by atoms with van der Waals surface area (Å²) in [6.07, 6.45) is 1.21. The maximum atomic E-state index is 12.3. The SMILES string of the molecule is CCNC(=NCC1CCS(=O)(=O)C1)N1CCC(S(=O)(=O)NC(C)C)C1. The van der Waals surface area contributed by atoms with E-state index in [0.29, 0.717) is 45.0 Å². The first-order chi connectivity index (χ1) is 11.6. The molecule has 2 saturated heterocycles. The van der Waals surface area contributed by atoms with Gasteiger partial charge in [0, 0.05) is 32.2 Å². The molecular weight excluding hydrogens is 364 g/mol. The summed E-state index contributed by atoms with van der Waals surface area (Å²) >= 11 is 0. The van der Waals surface area contributed by atoms with Crippen molar-refractivity contribution < 1.29 is 16.8 Å². The molecule has 2 fully saturated rings. The van der Waals surface area contributed by atoms with Crippen molar-refractivity contribution in [3.05, 3.63) is 0 Å². The van der Waals surface area contributed by atoms with Crippen molar-refractivity contribution in [2.45, 2.75) is 44.9 Å². The van der Waals surface area contributed by atoms with Crippen LogP contribution in [0.4, 0.5) is 0 Å². The van der Waals surface area contributed by atoms with Crippen molar-refractivity contribution in [3.8, 4) is 0 Å². The Labute approximate surface area is 151 Å². The van der Waals surface area contributed by atoms with Gasteiger partial charge in [0.05, 0.1) is 16.8 Å². The van der Waals surface area contributed by atoms with Gasteiger partial charge in [0.15, 0.2) is 15.8 Å². The Morgan fingerprint density at radius 1 is 1.32 bits per heavy atom. The van der Waals surface area contributed by atoms with Crippen molar-refractivity contribution in [2.24, 2.45) is 10.9 Å².